The van der Waals surface area contributed by atoms with Crippen LogP contribution in [0.2, 0.25) is 5.02 Å². The van der Waals surface area contributed by atoms with Gasteiger partial charge in [0.15, 0.2) is 5.11 Å². The number of nitrogens with two attached hydrogens (primary N) is 1. The first-order valence-corrected chi connectivity index (χ1v) is 5.36. The summed E-state index contributed by atoms with van der Waals surface area (Å²) in [7, 11) is 0. The number of thiocarbonyl (C=S) groups is 1. The molecule has 17 heavy (non-hydrogen) atoms. The van der Waals surface area contributed by atoms with Crippen LogP contribution < -0.4 is 15.9 Å². The molecule has 3 N–H and O–H groups in total. The van der Waals surface area contributed by atoms with Crippen LogP contribution in [-0.2, 0) is 0 Å². The van der Waals surface area contributed by atoms with E-state index < -0.39 is 0 Å². The second-order valence-electron chi connectivity index (χ2n) is 2.92. The minimum atomic E-state index is 0.0984. The van der Waals surface area contributed by atoms with Gasteiger partial charge in [0.25, 0.3) is 0 Å². The van der Waals surface area contributed by atoms with Crippen LogP contribution in [0.3, 0.4) is 0 Å². The zero-order valence-corrected chi connectivity index (χ0v) is 10.4. The van der Waals surface area contributed by atoms with Crippen molar-refractivity contribution in [2.75, 3.05) is 6.61 Å². The quantitative estimate of drug-likeness (QED) is 0.376. The van der Waals surface area contributed by atoms with E-state index >= 15 is 0 Å². The van der Waals surface area contributed by atoms with Gasteiger partial charge in [-0.15, -0.1) is 6.42 Å². The molecule has 0 atom stereocenters. The van der Waals surface area contributed by atoms with E-state index in [0.717, 1.165) is 5.56 Å². The monoisotopic (exact) mass is 267 g/mol. The molecule has 0 unspecified atom stereocenters. The maximum atomic E-state index is 5.98. The molecule has 0 amide bonds. The van der Waals surface area contributed by atoms with Gasteiger partial charge in [0.1, 0.15) is 12.4 Å². The molecule has 4 nitrogen and oxygen atoms in total. The molecule has 0 heterocycles. The Labute approximate surface area is 110 Å². The van der Waals surface area contributed by atoms with E-state index in [2.05, 4.69) is 28.7 Å². The second kappa shape index (κ2) is 6.74. The summed E-state index contributed by atoms with van der Waals surface area (Å²) in [6.45, 7) is 0.177. The van der Waals surface area contributed by atoms with Gasteiger partial charge < -0.3 is 10.5 Å². The highest BCUT2D eigenvalue weighted by Gasteiger charge is 2.01. The van der Waals surface area contributed by atoms with Crippen LogP contribution in [-0.4, -0.2) is 17.9 Å². The molecule has 0 bridgehead atoms. The Morgan fingerprint density at radius 3 is 3.06 bits per heavy atom. The van der Waals surface area contributed by atoms with Crippen LogP contribution in [0.5, 0.6) is 5.75 Å². The number of benzene rings is 1. The lowest BCUT2D eigenvalue weighted by Crippen LogP contribution is -2.23. The SMILES string of the molecule is C#CCOc1ccc(C=NNC(N)=S)cc1Cl. The van der Waals surface area contributed by atoms with Crippen LogP contribution in [0.25, 0.3) is 0 Å². The van der Waals surface area contributed by atoms with Crippen LogP contribution in [0, 0.1) is 12.3 Å². The van der Waals surface area contributed by atoms with Crippen LogP contribution >= 0.6 is 23.8 Å². The molecule has 0 fully saturated rings. The molecule has 1 aromatic rings. The smallest absolute Gasteiger partial charge is 0.184 e. The van der Waals surface area contributed by atoms with Gasteiger partial charge in [-0.1, -0.05) is 17.5 Å². The summed E-state index contributed by atoms with van der Waals surface area (Å²) in [6, 6.07) is 5.18. The number of nitrogens with zero attached hydrogens (tertiary/aromatic N) is 1. The van der Waals surface area contributed by atoms with Gasteiger partial charge in [-0.25, -0.2) is 0 Å². The third-order valence-corrected chi connectivity index (χ3v) is 2.04. The Morgan fingerprint density at radius 1 is 1.71 bits per heavy atom. The molecule has 0 saturated carbocycles. The molecule has 1 rings (SSSR count). The molecule has 88 valence electrons. The van der Waals surface area contributed by atoms with Crippen molar-refractivity contribution < 1.29 is 4.74 Å². The molecule has 1 aromatic carbocycles. The predicted molar refractivity (Wildman–Crippen MR) is 73.3 cm³/mol. The van der Waals surface area contributed by atoms with Crippen molar-refractivity contribution in [3.8, 4) is 18.1 Å². The van der Waals surface area contributed by atoms with Crippen LogP contribution in [0.1, 0.15) is 5.56 Å². The molecule has 0 saturated heterocycles. The topological polar surface area (TPSA) is 59.6 Å². The van der Waals surface area contributed by atoms with Crippen molar-refractivity contribution in [2.24, 2.45) is 10.8 Å². The average Bonchev–Trinajstić information content (AvgIpc) is 2.27. The summed E-state index contributed by atoms with van der Waals surface area (Å²) in [6.07, 6.45) is 6.62. The minimum Gasteiger partial charge on any atom is -0.479 e. The molecular weight excluding hydrogens is 258 g/mol. The molecule has 0 aromatic heterocycles. The van der Waals surface area contributed by atoms with Crippen LogP contribution in [0.15, 0.2) is 23.3 Å². The minimum absolute atomic E-state index is 0.0984. The Kier molecular flexibility index (Phi) is 5.27. The standard InChI is InChI=1S/C11H10ClN3OS/c1-2-5-16-10-4-3-8(6-9(10)12)7-14-15-11(13)17/h1,3-4,6-7H,5H2,(H3,13,15,17). The highest BCUT2D eigenvalue weighted by Crippen LogP contribution is 2.24. The Hall–Kier alpha value is -1.77. The zero-order chi connectivity index (χ0) is 12.7. The highest BCUT2D eigenvalue weighted by molar-refractivity contribution is 7.80. The summed E-state index contributed by atoms with van der Waals surface area (Å²) in [5.74, 6) is 2.89. The van der Waals surface area contributed by atoms with Gasteiger partial charge in [0, 0.05) is 0 Å². The Morgan fingerprint density at radius 2 is 2.47 bits per heavy atom. The maximum absolute atomic E-state index is 5.98. The normalized spacial score (nSPS) is 9.88. The molecule has 0 aliphatic carbocycles. The molecule has 0 aliphatic heterocycles. The summed E-state index contributed by atoms with van der Waals surface area (Å²) in [5.41, 5.74) is 8.43. The van der Waals surface area contributed by atoms with Gasteiger partial charge in [0.2, 0.25) is 0 Å². The molecular formula is C11H10ClN3OS. The number of hydrogen-bond donors (Lipinski definition) is 2. The summed E-state index contributed by atoms with van der Waals surface area (Å²) in [4.78, 5) is 0. The van der Waals surface area contributed by atoms with Gasteiger partial charge in [-0.2, -0.15) is 5.10 Å². The lowest BCUT2D eigenvalue weighted by molar-refractivity contribution is 0.370. The fourth-order valence-electron chi connectivity index (χ4n) is 1.00. The fourth-order valence-corrected chi connectivity index (χ4v) is 1.30. The van der Waals surface area contributed by atoms with Gasteiger partial charge in [-0.3, -0.25) is 5.43 Å². The van der Waals surface area contributed by atoms with E-state index in [0.29, 0.717) is 10.8 Å². The first kappa shape index (κ1) is 13.3. The molecule has 6 heteroatoms. The second-order valence-corrected chi connectivity index (χ2v) is 3.76. The van der Waals surface area contributed by atoms with Crippen molar-refractivity contribution in [1.29, 1.82) is 0 Å². The van der Waals surface area contributed by atoms with Gasteiger partial charge >= 0.3 is 0 Å². The number of hydrazone groups is 1. The van der Waals surface area contributed by atoms with Crippen molar-refractivity contribution in [3.63, 3.8) is 0 Å². The third-order valence-electron chi connectivity index (χ3n) is 1.66. The van der Waals surface area contributed by atoms with E-state index in [4.69, 9.17) is 28.5 Å². The number of ether oxygens (including phenoxy) is 1. The third kappa shape index (κ3) is 4.72. The van der Waals surface area contributed by atoms with Crippen molar-refractivity contribution in [3.05, 3.63) is 28.8 Å². The highest BCUT2D eigenvalue weighted by atomic mass is 35.5. The first-order valence-electron chi connectivity index (χ1n) is 4.58. The van der Waals surface area contributed by atoms with E-state index in [1.807, 2.05) is 0 Å². The zero-order valence-electron chi connectivity index (χ0n) is 8.81. The van der Waals surface area contributed by atoms with E-state index in [1.165, 1.54) is 6.21 Å². The molecule has 0 spiro atoms. The van der Waals surface area contributed by atoms with Crippen LogP contribution in [0.4, 0.5) is 0 Å². The molecule has 0 aliphatic rings. The molecule has 0 radical (unpaired) electrons. The van der Waals surface area contributed by atoms with Crippen molar-refractivity contribution in [1.82, 2.24) is 5.43 Å². The van der Waals surface area contributed by atoms with E-state index in [-0.39, 0.29) is 11.7 Å². The summed E-state index contributed by atoms with van der Waals surface area (Å²) < 4.78 is 5.21. The number of rotatable bonds is 4. The van der Waals surface area contributed by atoms with Crippen molar-refractivity contribution in [2.45, 2.75) is 0 Å². The largest absolute Gasteiger partial charge is 0.479 e. The number of terminal acetylenes is 1. The number of nitrogens with one attached hydrogen (secondary N) is 1. The average molecular weight is 268 g/mol. The van der Waals surface area contributed by atoms with Gasteiger partial charge in [0.05, 0.1) is 11.2 Å². The lowest BCUT2D eigenvalue weighted by Gasteiger charge is -2.05. The Balaban J connectivity index is 2.72. The number of halogens is 1. The number of hydrogen-bond acceptors (Lipinski definition) is 3. The fraction of sp³-hybridized carbons (Fsp3) is 0.0909. The predicted octanol–water partition coefficient (Wildman–Crippen LogP) is 1.52. The van der Waals surface area contributed by atoms with Gasteiger partial charge in [-0.05, 0) is 36.0 Å². The first-order chi connectivity index (χ1) is 8.13. The van der Waals surface area contributed by atoms with E-state index in [9.17, 15) is 0 Å². The summed E-state index contributed by atoms with van der Waals surface area (Å²) in [5, 5.41) is 4.36. The van der Waals surface area contributed by atoms with Crippen molar-refractivity contribution >= 4 is 35.1 Å². The maximum Gasteiger partial charge on any atom is 0.184 e. The Bertz CT molecular complexity index is 482. The summed E-state index contributed by atoms with van der Waals surface area (Å²) >= 11 is 10.6. The lowest BCUT2D eigenvalue weighted by atomic mass is 10.2. The van der Waals surface area contributed by atoms with E-state index in [1.54, 1.807) is 18.2 Å².